The molecule has 0 aliphatic rings. The highest BCUT2D eigenvalue weighted by Gasteiger charge is 2.06. The van der Waals surface area contributed by atoms with Crippen molar-refractivity contribution in [3.63, 3.8) is 0 Å². The maximum atomic E-state index is 11.8. The molecular formula is C14H22ClN3O3. The number of amides is 2. The highest BCUT2D eigenvalue weighted by atomic mass is 35.5. The van der Waals surface area contributed by atoms with Crippen molar-refractivity contribution in [2.45, 2.75) is 6.42 Å². The summed E-state index contributed by atoms with van der Waals surface area (Å²) in [6.07, 6.45) is 0.431. The van der Waals surface area contributed by atoms with Crippen molar-refractivity contribution in [3.05, 3.63) is 29.8 Å². The van der Waals surface area contributed by atoms with E-state index in [1.54, 1.807) is 38.4 Å². The molecular weight excluding hydrogens is 294 g/mol. The molecule has 1 aromatic rings. The van der Waals surface area contributed by atoms with Gasteiger partial charge in [0.05, 0.1) is 7.11 Å². The number of carbonyl (C=O) groups excluding carboxylic acids is 2. The summed E-state index contributed by atoms with van der Waals surface area (Å²) in [7, 11) is 3.35. The maximum absolute atomic E-state index is 11.8. The molecule has 0 unspecified atom stereocenters. The van der Waals surface area contributed by atoms with Gasteiger partial charge in [-0.3, -0.25) is 9.59 Å². The SMILES string of the molecule is CNCCC(=O)NCCNC(=O)c1cccc(OC)c1.Cl. The van der Waals surface area contributed by atoms with Crippen LogP contribution in [-0.2, 0) is 4.79 Å². The highest BCUT2D eigenvalue weighted by Crippen LogP contribution is 2.11. The topological polar surface area (TPSA) is 79.5 Å². The van der Waals surface area contributed by atoms with Crippen LogP contribution in [0.15, 0.2) is 24.3 Å². The smallest absolute Gasteiger partial charge is 0.251 e. The molecule has 2 amide bonds. The third kappa shape index (κ3) is 7.53. The summed E-state index contributed by atoms with van der Waals surface area (Å²) in [5.74, 6) is 0.418. The fourth-order valence-corrected chi connectivity index (χ4v) is 1.57. The number of hydrogen-bond acceptors (Lipinski definition) is 4. The Morgan fingerprint density at radius 2 is 1.86 bits per heavy atom. The molecule has 3 N–H and O–H groups in total. The molecule has 0 saturated carbocycles. The van der Waals surface area contributed by atoms with E-state index in [1.807, 2.05) is 0 Å². The predicted octanol–water partition coefficient (Wildman–Crippen LogP) is 0.572. The van der Waals surface area contributed by atoms with Crippen LogP contribution in [0.2, 0.25) is 0 Å². The van der Waals surface area contributed by atoms with Crippen molar-refractivity contribution in [1.82, 2.24) is 16.0 Å². The molecule has 0 aromatic heterocycles. The lowest BCUT2D eigenvalue weighted by Gasteiger charge is -2.08. The first-order valence-corrected chi connectivity index (χ1v) is 6.51. The highest BCUT2D eigenvalue weighted by molar-refractivity contribution is 5.94. The third-order valence-corrected chi connectivity index (χ3v) is 2.67. The molecule has 118 valence electrons. The van der Waals surface area contributed by atoms with Gasteiger partial charge in [-0.15, -0.1) is 12.4 Å². The lowest BCUT2D eigenvalue weighted by Crippen LogP contribution is -2.35. The van der Waals surface area contributed by atoms with Gasteiger partial charge in [0.1, 0.15) is 5.75 Å². The minimum atomic E-state index is -0.187. The van der Waals surface area contributed by atoms with E-state index in [2.05, 4.69) is 16.0 Å². The van der Waals surface area contributed by atoms with Gasteiger partial charge < -0.3 is 20.7 Å². The van der Waals surface area contributed by atoms with Crippen molar-refractivity contribution in [2.24, 2.45) is 0 Å². The van der Waals surface area contributed by atoms with Gasteiger partial charge in [-0.05, 0) is 25.2 Å². The summed E-state index contributed by atoms with van der Waals surface area (Å²) in [5, 5.41) is 8.36. The molecule has 0 radical (unpaired) electrons. The summed E-state index contributed by atoms with van der Waals surface area (Å²) in [6.45, 7) is 1.45. The number of halogens is 1. The number of nitrogens with one attached hydrogen (secondary N) is 3. The number of benzene rings is 1. The van der Waals surface area contributed by atoms with Gasteiger partial charge in [-0.2, -0.15) is 0 Å². The van der Waals surface area contributed by atoms with Crippen molar-refractivity contribution in [1.29, 1.82) is 0 Å². The van der Waals surface area contributed by atoms with Crippen LogP contribution in [-0.4, -0.2) is 45.6 Å². The normalized spacial score (nSPS) is 9.43. The third-order valence-electron chi connectivity index (χ3n) is 2.67. The first-order chi connectivity index (χ1) is 9.67. The molecule has 0 aliphatic carbocycles. The Balaban J connectivity index is 0.00000400. The minimum absolute atomic E-state index is 0. The van der Waals surface area contributed by atoms with Gasteiger partial charge in [-0.1, -0.05) is 6.07 Å². The first-order valence-electron chi connectivity index (χ1n) is 6.51. The molecule has 0 saturated heterocycles. The molecule has 6 nitrogen and oxygen atoms in total. The Hall–Kier alpha value is -1.79. The van der Waals surface area contributed by atoms with Crippen molar-refractivity contribution < 1.29 is 14.3 Å². The van der Waals surface area contributed by atoms with Gasteiger partial charge >= 0.3 is 0 Å². The first kappa shape index (κ1) is 19.2. The molecule has 0 fully saturated rings. The maximum Gasteiger partial charge on any atom is 0.251 e. The number of hydrogen-bond donors (Lipinski definition) is 3. The molecule has 0 bridgehead atoms. The van der Waals surface area contributed by atoms with E-state index in [-0.39, 0.29) is 24.2 Å². The molecule has 0 heterocycles. The van der Waals surface area contributed by atoms with Crippen molar-refractivity contribution in [2.75, 3.05) is 33.8 Å². The summed E-state index contributed by atoms with van der Waals surface area (Å²) < 4.78 is 5.06. The van der Waals surface area contributed by atoms with Gasteiger partial charge in [0.25, 0.3) is 5.91 Å². The van der Waals surface area contributed by atoms with Crippen LogP contribution in [0.3, 0.4) is 0 Å². The van der Waals surface area contributed by atoms with Gasteiger partial charge in [0.15, 0.2) is 0 Å². The zero-order valence-electron chi connectivity index (χ0n) is 12.3. The van der Waals surface area contributed by atoms with Gasteiger partial charge in [0, 0.05) is 31.6 Å². The Labute approximate surface area is 131 Å². The number of carbonyl (C=O) groups is 2. The fourth-order valence-electron chi connectivity index (χ4n) is 1.57. The molecule has 21 heavy (non-hydrogen) atoms. The molecule has 0 aliphatic heterocycles. The van der Waals surface area contributed by atoms with E-state index in [1.165, 1.54) is 0 Å². The average molecular weight is 316 g/mol. The van der Waals surface area contributed by atoms with E-state index in [4.69, 9.17) is 4.74 Å². The van der Waals surface area contributed by atoms with Crippen molar-refractivity contribution >= 4 is 24.2 Å². The number of methoxy groups -OCH3 is 1. The molecule has 1 rings (SSSR count). The summed E-state index contributed by atoms with van der Waals surface area (Å²) in [4.78, 5) is 23.2. The van der Waals surface area contributed by atoms with Crippen molar-refractivity contribution in [3.8, 4) is 5.75 Å². The van der Waals surface area contributed by atoms with Crippen LogP contribution >= 0.6 is 12.4 Å². The minimum Gasteiger partial charge on any atom is -0.497 e. The van der Waals surface area contributed by atoms with E-state index < -0.39 is 0 Å². The molecule has 0 spiro atoms. The van der Waals surface area contributed by atoms with Crippen LogP contribution in [0, 0.1) is 0 Å². The van der Waals surface area contributed by atoms with Gasteiger partial charge in [-0.25, -0.2) is 0 Å². The summed E-state index contributed by atoms with van der Waals surface area (Å²) in [6, 6.07) is 6.91. The van der Waals surface area contributed by atoms with Crippen LogP contribution in [0.5, 0.6) is 5.75 Å². The summed E-state index contributed by atoms with van der Waals surface area (Å²) in [5.41, 5.74) is 0.533. The second-order valence-corrected chi connectivity index (χ2v) is 4.19. The zero-order valence-corrected chi connectivity index (χ0v) is 13.1. The average Bonchev–Trinajstić information content (AvgIpc) is 2.49. The largest absolute Gasteiger partial charge is 0.497 e. The van der Waals surface area contributed by atoms with Crippen LogP contribution in [0.1, 0.15) is 16.8 Å². The van der Waals surface area contributed by atoms with Crippen LogP contribution in [0.4, 0.5) is 0 Å². The second-order valence-electron chi connectivity index (χ2n) is 4.19. The Morgan fingerprint density at radius 3 is 2.52 bits per heavy atom. The molecule has 1 aromatic carbocycles. The Morgan fingerprint density at radius 1 is 1.14 bits per heavy atom. The Kier molecular flexibility index (Phi) is 10.0. The second kappa shape index (κ2) is 10.9. The van der Waals surface area contributed by atoms with Gasteiger partial charge in [0.2, 0.25) is 5.91 Å². The number of rotatable bonds is 8. The quantitative estimate of drug-likeness (QED) is 0.613. The number of ether oxygens (including phenoxy) is 1. The predicted molar refractivity (Wildman–Crippen MR) is 84.1 cm³/mol. The lowest BCUT2D eigenvalue weighted by molar-refractivity contribution is -0.120. The molecule has 7 heteroatoms. The van der Waals surface area contributed by atoms with E-state index >= 15 is 0 Å². The lowest BCUT2D eigenvalue weighted by atomic mass is 10.2. The van der Waals surface area contributed by atoms with E-state index in [0.717, 1.165) is 0 Å². The monoisotopic (exact) mass is 315 g/mol. The molecule has 0 atom stereocenters. The fraction of sp³-hybridized carbons (Fsp3) is 0.429. The zero-order chi connectivity index (χ0) is 14.8. The standard InChI is InChI=1S/C14H21N3O3.ClH/c1-15-7-6-13(18)16-8-9-17-14(19)11-4-3-5-12(10-11)20-2;/h3-5,10,15H,6-9H2,1-2H3,(H,16,18)(H,17,19);1H. The van der Waals surface area contributed by atoms with E-state index in [9.17, 15) is 9.59 Å². The van der Waals surface area contributed by atoms with E-state index in [0.29, 0.717) is 37.4 Å². The Bertz CT molecular complexity index is 455. The summed E-state index contributed by atoms with van der Waals surface area (Å²) >= 11 is 0. The van der Waals surface area contributed by atoms with Crippen LogP contribution < -0.4 is 20.7 Å². The van der Waals surface area contributed by atoms with Crippen LogP contribution in [0.25, 0.3) is 0 Å².